The van der Waals surface area contributed by atoms with E-state index in [1.807, 2.05) is 25.1 Å². The zero-order valence-electron chi connectivity index (χ0n) is 7.91. The molecule has 0 aliphatic rings. The Hall–Kier alpha value is -1.97. The number of anilines is 2. The molecule has 0 unspecified atom stereocenters. The fourth-order valence-corrected chi connectivity index (χ4v) is 1.40. The van der Waals surface area contributed by atoms with Crippen LogP contribution in [0.5, 0.6) is 0 Å². The van der Waals surface area contributed by atoms with Gasteiger partial charge in [0.1, 0.15) is 0 Å². The lowest BCUT2D eigenvalue weighted by atomic mass is 10.1. The van der Waals surface area contributed by atoms with Gasteiger partial charge >= 0.3 is 0 Å². The van der Waals surface area contributed by atoms with E-state index >= 15 is 0 Å². The number of aromatic nitrogens is 2. The summed E-state index contributed by atoms with van der Waals surface area (Å²) in [6, 6.07) is 5.72. The topological polar surface area (TPSA) is 80.7 Å². The second-order valence-electron chi connectivity index (χ2n) is 3.27. The Bertz CT molecular complexity index is 422. The number of hydrogen-bond donors (Lipinski definition) is 3. The quantitative estimate of drug-likeness (QED) is 0.594. The van der Waals surface area contributed by atoms with Gasteiger partial charge in [-0.05, 0) is 30.7 Å². The summed E-state index contributed by atoms with van der Waals surface area (Å²) in [5.41, 5.74) is 15.7. The van der Waals surface area contributed by atoms with Crippen molar-refractivity contribution in [1.82, 2.24) is 10.2 Å². The van der Waals surface area contributed by atoms with Gasteiger partial charge in [0.2, 0.25) is 0 Å². The highest BCUT2D eigenvalue weighted by molar-refractivity contribution is 5.75. The van der Waals surface area contributed by atoms with Crippen molar-refractivity contribution in [3.05, 3.63) is 30.0 Å². The highest BCUT2D eigenvalue weighted by Gasteiger charge is 2.04. The molecule has 4 nitrogen and oxygen atoms in total. The Morgan fingerprint density at radius 3 is 2.64 bits per heavy atom. The normalized spacial score (nSPS) is 10.4. The maximum atomic E-state index is 5.77. The van der Waals surface area contributed by atoms with Crippen LogP contribution >= 0.6 is 0 Å². The van der Waals surface area contributed by atoms with Gasteiger partial charge in [0.05, 0.1) is 17.1 Å². The van der Waals surface area contributed by atoms with E-state index in [1.54, 1.807) is 6.20 Å². The summed E-state index contributed by atoms with van der Waals surface area (Å²) < 4.78 is 0. The number of H-pyrrole nitrogens is 1. The van der Waals surface area contributed by atoms with E-state index < -0.39 is 0 Å². The van der Waals surface area contributed by atoms with E-state index in [-0.39, 0.29) is 0 Å². The molecule has 5 N–H and O–H groups in total. The molecule has 0 aliphatic carbocycles. The number of benzene rings is 1. The van der Waals surface area contributed by atoms with E-state index in [4.69, 9.17) is 11.5 Å². The zero-order valence-corrected chi connectivity index (χ0v) is 7.91. The second kappa shape index (κ2) is 3.06. The van der Waals surface area contributed by atoms with Gasteiger partial charge in [-0.15, -0.1) is 0 Å². The smallest absolute Gasteiger partial charge is 0.0651 e. The minimum Gasteiger partial charge on any atom is -0.397 e. The molecule has 0 amide bonds. The van der Waals surface area contributed by atoms with Crippen molar-refractivity contribution in [2.45, 2.75) is 6.92 Å². The van der Waals surface area contributed by atoms with Gasteiger partial charge in [-0.2, -0.15) is 5.10 Å². The van der Waals surface area contributed by atoms with Crippen LogP contribution in [0.3, 0.4) is 0 Å². The molecule has 1 aromatic heterocycles. The number of nitrogens with two attached hydrogens (primary N) is 2. The molecule has 1 aromatic carbocycles. The van der Waals surface area contributed by atoms with Gasteiger partial charge < -0.3 is 11.5 Å². The van der Waals surface area contributed by atoms with Gasteiger partial charge in [-0.25, -0.2) is 0 Å². The Morgan fingerprint density at radius 1 is 1.29 bits per heavy atom. The first-order chi connectivity index (χ1) is 6.68. The summed E-state index contributed by atoms with van der Waals surface area (Å²) in [6.45, 7) is 1.94. The van der Waals surface area contributed by atoms with Crippen molar-refractivity contribution in [2.24, 2.45) is 0 Å². The van der Waals surface area contributed by atoms with Gasteiger partial charge in [-0.3, -0.25) is 5.10 Å². The van der Waals surface area contributed by atoms with Crippen molar-refractivity contribution in [3.63, 3.8) is 0 Å². The number of nitrogens with zero attached hydrogens (tertiary/aromatic N) is 1. The average molecular weight is 188 g/mol. The number of aryl methyl sites for hydroxylation is 1. The second-order valence-corrected chi connectivity index (χ2v) is 3.27. The highest BCUT2D eigenvalue weighted by Crippen LogP contribution is 2.26. The third-order valence-electron chi connectivity index (χ3n) is 2.23. The van der Waals surface area contributed by atoms with E-state index in [0.717, 1.165) is 16.8 Å². The van der Waals surface area contributed by atoms with Crippen LogP contribution in [-0.2, 0) is 0 Å². The third kappa shape index (κ3) is 1.31. The molecule has 2 rings (SSSR count). The molecule has 0 fully saturated rings. The summed E-state index contributed by atoms with van der Waals surface area (Å²) in [6.07, 6.45) is 1.71. The molecule has 0 atom stereocenters. The predicted octanol–water partition coefficient (Wildman–Crippen LogP) is 1.55. The van der Waals surface area contributed by atoms with E-state index in [1.165, 1.54) is 0 Å². The van der Waals surface area contributed by atoms with Crippen LogP contribution in [0.25, 0.3) is 11.3 Å². The van der Waals surface area contributed by atoms with Crippen LogP contribution in [0, 0.1) is 6.92 Å². The molecule has 0 bridgehead atoms. The first-order valence-corrected chi connectivity index (χ1v) is 4.34. The van der Waals surface area contributed by atoms with Crippen molar-refractivity contribution in [1.29, 1.82) is 0 Å². The minimum atomic E-state index is 0.606. The maximum Gasteiger partial charge on any atom is 0.0651 e. The molecule has 0 saturated heterocycles. The Kier molecular flexibility index (Phi) is 1.89. The molecule has 1 heterocycles. The number of nitrogen functional groups attached to an aromatic ring is 2. The van der Waals surface area contributed by atoms with Crippen LogP contribution in [-0.4, -0.2) is 10.2 Å². The van der Waals surface area contributed by atoms with Crippen LogP contribution in [0.1, 0.15) is 5.56 Å². The fraction of sp³-hybridized carbons (Fsp3) is 0.100. The van der Waals surface area contributed by atoms with Crippen molar-refractivity contribution in [2.75, 3.05) is 11.5 Å². The molecule has 0 radical (unpaired) electrons. The SMILES string of the molecule is Cc1cc(-c2ccn[nH]2)cc(N)c1N. The molecule has 72 valence electrons. The van der Waals surface area contributed by atoms with Crippen LogP contribution < -0.4 is 11.5 Å². The van der Waals surface area contributed by atoms with Crippen molar-refractivity contribution >= 4 is 11.4 Å². The summed E-state index contributed by atoms with van der Waals surface area (Å²) in [7, 11) is 0. The first kappa shape index (κ1) is 8.62. The third-order valence-corrected chi connectivity index (χ3v) is 2.23. The fourth-order valence-electron chi connectivity index (χ4n) is 1.40. The summed E-state index contributed by atoms with van der Waals surface area (Å²) in [5, 5.41) is 6.76. The summed E-state index contributed by atoms with van der Waals surface area (Å²) >= 11 is 0. The molecular formula is C10H12N4. The van der Waals surface area contributed by atoms with Crippen molar-refractivity contribution in [3.8, 4) is 11.3 Å². The van der Waals surface area contributed by atoms with Gasteiger partial charge in [0.25, 0.3) is 0 Å². The van der Waals surface area contributed by atoms with Crippen LogP contribution in [0.2, 0.25) is 0 Å². The van der Waals surface area contributed by atoms with E-state index in [9.17, 15) is 0 Å². The molecule has 0 aliphatic heterocycles. The van der Waals surface area contributed by atoms with Gasteiger partial charge in [0, 0.05) is 11.8 Å². The van der Waals surface area contributed by atoms with E-state index in [2.05, 4.69) is 10.2 Å². The zero-order chi connectivity index (χ0) is 10.1. The first-order valence-electron chi connectivity index (χ1n) is 4.34. The standard InChI is InChI=1S/C10H12N4/c1-6-4-7(5-8(11)10(6)12)9-2-3-13-14-9/h2-5H,11-12H2,1H3,(H,13,14). The number of aromatic amines is 1. The van der Waals surface area contributed by atoms with Gasteiger partial charge in [0.15, 0.2) is 0 Å². The monoisotopic (exact) mass is 188 g/mol. The molecule has 14 heavy (non-hydrogen) atoms. The Labute approximate surface area is 81.9 Å². The lowest BCUT2D eigenvalue weighted by Gasteiger charge is -2.06. The molecular weight excluding hydrogens is 176 g/mol. The Morgan fingerprint density at radius 2 is 2.07 bits per heavy atom. The van der Waals surface area contributed by atoms with E-state index in [0.29, 0.717) is 11.4 Å². The largest absolute Gasteiger partial charge is 0.397 e. The molecule has 2 aromatic rings. The molecule has 4 heteroatoms. The lowest BCUT2D eigenvalue weighted by Crippen LogP contribution is -1.97. The Balaban J connectivity index is 2.57. The molecule has 0 saturated carbocycles. The highest BCUT2D eigenvalue weighted by atomic mass is 15.1. The number of nitrogens with one attached hydrogen (secondary N) is 1. The summed E-state index contributed by atoms with van der Waals surface area (Å²) in [4.78, 5) is 0. The van der Waals surface area contributed by atoms with Crippen LogP contribution in [0.15, 0.2) is 24.4 Å². The number of rotatable bonds is 1. The van der Waals surface area contributed by atoms with Crippen LogP contribution in [0.4, 0.5) is 11.4 Å². The van der Waals surface area contributed by atoms with Crippen molar-refractivity contribution < 1.29 is 0 Å². The predicted molar refractivity (Wildman–Crippen MR) is 57.6 cm³/mol. The molecule has 0 spiro atoms. The minimum absolute atomic E-state index is 0.606. The number of hydrogen-bond acceptors (Lipinski definition) is 3. The summed E-state index contributed by atoms with van der Waals surface area (Å²) in [5.74, 6) is 0. The van der Waals surface area contributed by atoms with Gasteiger partial charge in [-0.1, -0.05) is 0 Å². The lowest BCUT2D eigenvalue weighted by molar-refractivity contribution is 1.09. The average Bonchev–Trinajstić information content (AvgIpc) is 2.66. The maximum absolute atomic E-state index is 5.77.